The molecule has 10 N–H and O–H groups in total. The molecule has 8 bridgehead atoms. The summed E-state index contributed by atoms with van der Waals surface area (Å²) in [6.45, 7) is 0. The number of hydrogen-bond donors (Lipinski definition) is 9. The number of hydrogen-bond acceptors (Lipinski definition) is 9. The predicted octanol–water partition coefficient (Wildman–Crippen LogP) is 1.16. The van der Waals surface area contributed by atoms with E-state index in [0.717, 1.165) is 6.42 Å². The third-order valence-electron chi connectivity index (χ3n) is 14.1. The number of rotatable bonds is 2. The topological polar surface area (TPSA) is 159 Å². The fourth-order valence-electron chi connectivity index (χ4n) is 12.3. The van der Waals surface area contributed by atoms with Gasteiger partial charge < -0.3 is 0 Å². The molecule has 9 fully saturated rings. The Morgan fingerprint density at radius 2 is 0.682 bits per heavy atom. The largest absolute Gasteiger partial charge is 0.286 e. The summed E-state index contributed by atoms with van der Waals surface area (Å²) < 4.78 is 0. The predicted molar refractivity (Wildman–Crippen MR) is 166 cm³/mol. The molecule has 4 saturated carbocycles. The van der Waals surface area contributed by atoms with Crippen molar-refractivity contribution in [2.75, 3.05) is 0 Å². The lowest BCUT2D eigenvalue weighted by Gasteiger charge is -2.36. The fourth-order valence-corrected chi connectivity index (χ4v) is 12.3. The SMILES string of the molecule is [NH2+]=NN=NC1CCCC2C3NC4NC(NC5NC(NC6NC(NC(N3)C12)C1CCCCC61)C1CCCCC51)C1CCCCC41. The lowest BCUT2D eigenvalue weighted by molar-refractivity contribution is -0.223. The zero-order valence-electron chi connectivity index (χ0n) is 26.3. The molecule has 17 unspecified atom stereocenters. The molecule has 17 atom stereocenters. The maximum atomic E-state index is 5.45. The van der Waals surface area contributed by atoms with Crippen molar-refractivity contribution in [3.05, 3.63) is 0 Å². The monoisotopic (exact) mass is 609 g/mol. The van der Waals surface area contributed by atoms with E-state index in [-0.39, 0.29) is 24.5 Å². The van der Waals surface area contributed by atoms with E-state index in [0.29, 0.717) is 78.2 Å². The summed E-state index contributed by atoms with van der Waals surface area (Å²) >= 11 is 0. The smallest absolute Gasteiger partial charge is 0.197 e. The normalized spacial score (nSPS) is 55.2. The van der Waals surface area contributed by atoms with Crippen LogP contribution in [0.4, 0.5) is 0 Å². The summed E-state index contributed by atoms with van der Waals surface area (Å²) in [5.74, 6) is 4.91. The van der Waals surface area contributed by atoms with E-state index in [1.807, 2.05) is 0 Å². The van der Waals surface area contributed by atoms with Crippen LogP contribution in [-0.2, 0) is 0 Å². The van der Waals surface area contributed by atoms with Crippen molar-refractivity contribution in [1.82, 2.24) is 42.5 Å². The van der Waals surface area contributed by atoms with Gasteiger partial charge in [-0.15, -0.1) is 0 Å². The first-order chi connectivity index (χ1) is 21.7. The Bertz CT molecular complexity index is 1070. The van der Waals surface area contributed by atoms with Crippen LogP contribution in [0.25, 0.3) is 0 Å². The van der Waals surface area contributed by atoms with Crippen molar-refractivity contribution in [1.29, 1.82) is 0 Å². The first-order valence-electron chi connectivity index (χ1n) is 18.6. The van der Waals surface area contributed by atoms with E-state index in [9.17, 15) is 0 Å². The molecule has 44 heavy (non-hydrogen) atoms. The summed E-state index contributed by atoms with van der Waals surface area (Å²) in [6.07, 6.45) is 22.0. The quantitative estimate of drug-likeness (QED) is 0.167. The van der Waals surface area contributed by atoms with Crippen LogP contribution < -0.4 is 48.1 Å². The lowest BCUT2D eigenvalue weighted by Crippen LogP contribution is -2.62. The first kappa shape index (κ1) is 29.1. The zero-order valence-corrected chi connectivity index (χ0v) is 26.3. The maximum absolute atomic E-state index is 5.45. The molecule has 244 valence electrons. The van der Waals surface area contributed by atoms with Gasteiger partial charge in [0.25, 0.3) is 0 Å². The van der Waals surface area contributed by atoms with E-state index >= 15 is 0 Å². The summed E-state index contributed by atoms with van der Waals surface area (Å²) in [4.78, 5) is 0. The van der Waals surface area contributed by atoms with Gasteiger partial charge in [0.1, 0.15) is 6.04 Å². The molecule has 0 spiro atoms. The number of nitrogens with two attached hydrogens (primary N) is 1. The van der Waals surface area contributed by atoms with E-state index < -0.39 is 0 Å². The van der Waals surface area contributed by atoms with Crippen LogP contribution in [0.1, 0.15) is 96.3 Å². The van der Waals surface area contributed by atoms with Gasteiger partial charge in [-0.1, -0.05) is 44.9 Å². The molecule has 9 aliphatic rings. The van der Waals surface area contributed by atoms with E-state index in [1.165, 1.54) is 89.9 Å². The van der Waals surface area contributed by atoms with Crippen molar-refractivity contribution in [2.45, 2.75) is 152 Å². The van der Waals surface area contributed by atoms with Crippen LogP contribution in [-0.4, -0.2) is 55.4 Å². The van der Waals surface area contributed by atoms with Crippen molar-refractivity contribution in [3.8, 4) is 0 Å². The molecule has 0 aromatic rings. The van der Waals surface area contributed by atoms with Gasteiger partial charge in [-0.3, -0.25) is 42.5 Å². The zero-order chi connectivity index (χ0) is 29.2. The third kappa shape index (κ3) is 5.01. The van der Waals surface area contributed by atoms with E-state index in [4.69, 9.17) is 5.53 Å². The third-order valence-corrected chi connectivity index (χ3v) is 14.1. The molecule has 0 aromatic heterocycles. The molecule has 5 aliphatic heterocycles. The molecular weight excluding hydrogens is 552 g/mol. The Morgan fingerprint density at radius 1 is 0.364 bits per heavy atom. The van der Waals surface area contributed by atoms with Gasteiger partial charge >= 0.3 is 0 Å². The number of fused-ring (bicyclic) bond motifs is 20. The van der Waals surface area contributed by atoms with Crippen LogP contribution in [0.2, 0.25) is 0 Å². The highest BCUT2D eigenvalue weighted by Crippen LogP contribution is 2.46. The second-order valence-corrected chi connectivity index (χ2v) is 16.1. The van der Waals surface area contributed by atoms with Crippen molar-refractivity contribution in [3.63, 3.8) is 0 Å². The van der Waals surface area contributed by atoms with Crippen LogP contribution >= 0.6 is 0 Å². The average molecular weight is 610 g/mol. The van der Waals surface area contributed by atoms with Crippen LogP contribution in [0.15, 0.2) is 15.6 Å². The second-order valence-electron chi connectivity index (χ2n) is 16.1. The fraction of sp³-hybridized carbons (Fsp3) is 1.00. The standard InChI is InChI=1S/C32H56N12/c33-43-44-42-23-15-7-14-22-24(23)32-40-30-21-13-6-5-12-20(21)28(38-30)36-26-17-9-2-1-8-16(17)25(34-26)35-27-18-10-3-4-11-19(18)29(37-27)39-31(22)41-32/h16-41H,1-15H2/p+1. The number of nitrogens with zero attached hydrogens (tertiary/aromatic N) is 3. The molecule has 4 aliphatic carbocycles. The minimum atomic E-state index is 0.133. The molecule has 0 radical (unpaired) electrons. The Labute approximate surface area is 262 Å². The van der Waals surface area contributed by atoms with Gasteiger partial charge in [0.2, 0.25) is 0 Å². The van der Waals surface area contributed by atoms with Gasteiger partial charge in [-0.25, -0.2) is 0 Å². The molecule has 5 heterocycles. The van der Waals surface area contributed by atoms with Gasteiger partial charge in [-0.2, -0.15) is 5.53 Å². The molecule has 12 nitrogen and oxygen atoms in total. The van der Waals surface area contributed by atoms with Gasteiger partial charge in [0.15, 0.2) is 10.4 Å². The van der Waals surface area contributed by atoms with Crippen LogP contribution in [0, 0.1) is 47.3 Å². The molecular formula is C32H57N12+. The van der Waals surface area contributed by atoms with E-state index in [2.05, 4.69) is 58.1 Å². The molecule has 0 amide bonds. The van der Waals surface area contributed by atoms with Crippen LogP contribution in [0.3, 0.4) is 0 Å². The van der Waals surface area contributed by atoms with Gasteiger partial charge in [-0.05, 0) is 97.9 Å². The summed E-state index contributed by atoms with van der Waals surface area (Å²) in [5, 5.41) is 45.7. The second kappa shape index (κ2) is 12.2. The number of nitrogens with one attached hydrogen (secondary N) is 8. The Kier molecular flexibility index (Phi) is 8.03. The summed E-state index contributed by atoms with van der Waals surface area (Å²) in [7, 11) is 0. The highest BCUT2D eigenvalue weighted by atomic mass is 15.4. The molecule has 12 heteroatoms. The summed E-state index contributed by atoms with van der Waals surface area (Å²) in [6, 6.07) is 0.133. The molecule has 0 aromatic carbocycles. The van der Waals surface area contributed by atoms with Crippen molar-refractivity contribution < 1.29 is 5.53 Å². The van der Waals surface area contributed by atoms with Gasteiger partial charge in [0, 0.05) is 5.92 Å². The minimum Gasteiger partial charge on any atom is -0.286 e. The highest BCUT2D eigenvalue weighted by molar-refractivity contribution is 5.09. The van der Waals surface area contributed by atoms with Crippen molar-refractivity contribution >= 4 is 0 Å². The Balaban J connectivity index is 1.06. The van der Waals surface area contributed by atoms with Gasteiger partial charge in [0.05, 0.1) is 49.3 Å². The molecule has 5 saturated heterocycles. The maximum Gasteiger partial charge on any atom is 0.197 e. The Morgan fingerprint density at radius 3 is 1.05 bits per heavy atom. The minimum absolute atomic E-state index is 0.133. The summed E-state index contributed by atoms with van der Waals surface area (Å²) in [5.41, 5.74) is 5.45. The van der Waals surface area contributed by atoms with Crippen molar-refractivity contribution in [2.24, 2.45) is 62.9 Å². The molecule has 9 rings (SSSR count). The first-order valence-corrected chi connectivity index (χ1v) is 18.6. The highest BCUT2D eigenvalue weighted by Gasteiger charge is 2.55. The van der Waals surface area contributed by atoms with E-state index in [1.54, 1.807) is 0 Å². The lowest BCUT2D eigenvalue weighted by atomic mass is 9.75. The van der Waals surface area contributed by atoms with Crippen LogP contribution in [0.5, 0.6) is 0 Å². The Hall–Kier alpha value is -1.12. The average Bonchev–Trinajstić information content (AvgIpc) is 3.79.